The number of hydrogen-bond acceptors (Lipinski definition) is 3. The number of carbonyl (C=O) groups is 1. The summed E-state index contributed by atoms with van der Waals surface area (Å²) in [5.74, 6) is 0. The number of nitrogens with two attached hydrogens (primary N) is 1. The molecule has 0 spiro atoms. The molecule has 3 N–H and O–H groups in total. The number of amides is 2. The van der Waals surface area contributed by atoms with Crippen LogP contribution in [-0.4, -0.2) is 34.4 Å². The fourth-order valence-corrected chi connectivity index (χ4v) is 5.13. The van der Waals surface area contributed by atoms with Gasteiger partial charge in [0.1, 0.15) is 0 Å². The average Bonchev–Trinajstić information content (AvgIpc) is 2.45. The first-order valence-corrected chi connectivity index (χ1v) is 11.4. The highest BCUT2D eigenvalue weighted by Crippen LogP contribution is 2.19. The predicted octanol–water partition coefficient (Wildman–Crippen LogP) is 3.92. The number of primary amides is 1. The molecule has 0 rings (SSSR count). The summed E-state index contributed by atoms with van der Waals surface area (Å²) in [5, 5.41) is 2.62. The summed E-state index contributed by atoms with van der Waals surface area (Å²) < 4.78 is 11.7. The van der Waals surface area contributed by atoms with Crippen molar-refractivity contribution in [3.05, 3.63) is 0 Å². The van der Waals surface area contributed by atoms with Crippen LogP contribution in [0.4, 0.5) is 4.79 Å². The van der Waals surface area contributed by atoms with Crippen LogP contribution in [0.3, 0.4) is 0 Å². The SMILES string of the molecule is CCO[Si](C)(CCCCCCCCCCNC(N)=O)OCC. The minimum atomic E-state index is -1.89. The molecular formula is C16H36N2O3Si. The van der Waals surface area contributed by atoms with Crippen LogP contribution in [0.15, 0.2) is 0 Å². The summed E-state index contributed by atoms with van der Waals surface area (Å²) in [5.41, 5.74) is 5.00. The smallest absolute Gasteiger partial charge is 0.334 e. The second-order valence-electron chi connectivity index (χ2n) is 5.87. The molecular weight excluding hydrogens is 296 g/mol. The quantitative estimate of drug-likeness (QED) is 0.352. The first kappa shape index (κ1) is 21.4. The van der Waals surface area contributed by atoms with Crippen molar-refractivity contribution in [2.45, 2.75) is 77.8 Å². The van der Waals surface area contributed by atoms with Gasteiger partial charge in [-0.05, 0) is 32.9 Å². The van der Waals surface area contributed by atoms with Crippen molar-refractivity contribution in [2.24, 2.45) is 5.73 Å². The fourth-order valence-electron chi connectivity index (χ4n) is 2.64. The van der Waals surface area contributed by atoms with E-state index in [-0.39, 0.29) is 0 Å². The molecule has 132 valence electrons. The standard InChI is InChI=1S/C16H36N2O3Si/c1-4-20-22(3,21-5-2)15-13-11-9-7-6-8-10-12-14-18-16(17)19/h4-15H2,1-3H3,(H3,17,18,19). The molecule has 0 radical (unpaired) electrons. The molecule has 0 saturated heterocycles. The van der Waals surface area contributed by atoms with Crippen molar-refractivity contribution in [1.29, 1.82) is 0 Å². The third-order valence-corrected chi connectivity index (χ3v) is 6.82. The Morgan fingerprint density at radius 2 is 1.36 bits per heavy atom. The number of urea groups is 1. The fraction of sp³-hybridized carbons (Fsp3) is 0.938. The van der Waals surface area contributed by atoms with Crippen LogP contribution in [0, 0.1) is 0 Å². The third kappa shape index (κ3) is 13.1. The van der Waals surface area contributed by atoms with Crippen LogP contribution < -0.4 is 11.1 Å². The summed E-state index contributed by atoms with van der Waals surface area (Å²) >= 11 is 0. The third-order valence-electron chi connectivity index (χ3n) is 3.76. The summed E-state index contributed by atoms with van der Waals surface area (Å²) in [7, 11) is -1.89. The van der Waals surface area contributed by atoms with E-state index >= 15 is 0 Å². The van der Waals surface area contributed by atoms with Gasteiger partial charge in [-0.1, -0.05) is 44.9 Å². The molecule has 0 unspecified atom stereocenters. The van der Waals surface area contributed by atoms with Gasteiger partial charge in [0, 0.05) is 19.8 Å². The largest absolute Gasteiger partial charge is 0.395 e. The Morgan fingerprint density at radius 3 is 1.82 bits per heavy atom. The van der Waals surface area contributed by atoms with Gasteiger partial charge in [0.15, 0.2) is 0 Å². The number of hydrogen-bond donors (Lipinski definition) is 2. The molecule has 0 saturated carbocycles. The van der Waals surface area contributed by atoms with E-state index < -0.39 is 14.6 Å². The number of carbonyl (C=O) groups excluding carboxylic acids is 1. The van der Waals surface area contributed by atoms with E-state index in [0.717, 1.165) is 25.7 Å². The molecule has 6 heteroatoms. The molecule has 0 aliphatic heterocycles. The normalized spacial score (nSPS) is 11.6. The van der Waals surface area contributed by atoms with Gasteiger partial charge in [0.2, 0.25) is 0 Å². The molecule has 0 aromatic rings. The molecule has 0 heterocycles. The molecule has 0 atom stereocenters. The molecule has 0 aromatic carbocycles. The summed E-state index contributed by atoms with van der Waals surface area (Å²) in [6.07, 6.45) is 9.78. The maximum absolute atomic E-state index is 10.5. The lowest BCUT2D eigenvalue weighted by molar-refractivity contribution is 0.188. The van der Waals surface area contributed by atoms with Gasteiger partial charge in [-0.3, -0.25) is 0 Å². The van der Waals surface area contributed by atoms with E-state index in [1.165, 1.54) is 44.9 Å². The monoisotopic (exact) mass is 332 g/mol. The zero-order chi connectivity index (χ0) is 16.7. The van der Waals surface area contributed by atoms with Crippen LogP contribution >= 0.6 is 0 Å². The highest BCUT2D eigenvalue weighted by atomic mass is 28.4. The van der Waals surface area contributed by atoms with E-state index in [4.69, 9.17) is 14.6 Å². The van der Waals surface area contributed by atoms with E-state index in [2.05, 4.69) is 11.9 Å². The molecule has 22 heavy (non-hydrogen) atoms. The highest BCUT2D eigenvalue weighted by molar-refractivity contribution is 6.66. The molecule has 0 aliphatic rings. The van der Waals surface area contributed by atoms with Crippen LogP contribution in [0.1, 0.15) is 65.2 Å². The van der Waals surface area contributed by atoms with Gasteiger partial charge in [0.25, 0.3) is 0 Å². The van der Waals surface area contributed by atoms with Crippen molar-refractivity contribution in [2.75, 3.05) is 19.8 Å². The van der Waals surface area contributed by atoms with Crippen LogP contribution in [0.25, 0.3) is 0 Å². The maximum atomic E-state index is 10.5. The van der Waals surface area contributed by atoms with Crippen LogP contribution in [0.2, 0.25) is 12.6 Å². The summed E-state index contributed by atoms with van der Waals surface area (Å²) in [4.78, 5) is 10.5. The molecule has 0 aromatic heterocycles. The van der Waals surface area contributed by atoms with Gasteiger partial charge < -0.3 is 19.9 Å². The Morgan fingerprint density at radius 1 is 0.909 bits per heavy atom. The molecule has 5 nitrogen and oxygen atoms in total. The predicted molar refractivity (Wildman–Crippen MR) is 94.2 cm³/mol. The van der Waals surface area contributed by atoms with Gasteiger partial charge in [0.05, 0.1) is 0 Å². The van der Waals surface area contributed by atoms with Crippen LogP contribution in [-0.2, 0) is 8.85 Å². The Bertz CT molecular complexity index is 272. The van der Waals surface area contributed by atoms with Gasteiger partial charge in [-0.2, -0.15) is 0 Å². The molecule has 0 bridgehead atoms. The Balaban J connectivity index is 3.40. The molecule has 2 amide bonds. The Labute approximate surface area is 137 Å². The number of nitrogens with one attached hydrogen (secondary N) is 1. The summed E-state index contributed by atoms with van der Waals surface area (Å²) in [6, 6.07) is 0.683. The number of unbranched alkanes of at least 4 members (excludes halogenated alkanes) is 7. The zero-order valence-electron chi connectivity index (χ0n) is 14.8. The lowest BCUT2D eigenvalue weighted by Gasteiger charge is -2.25. The maximum Gasteiger partial charge on any atom is 0.334 e. The highest BCUT2D eigenvalue weighted by Gasteiger charge is 2.29. The van der Waals surface area contributed by atoms with Gasteiger partial charge in [-0.25, -0.2) is 4.79 Å². The lowest BCUT2D eigenvalue weighted by Crippen LogP contribution is -2.38. The van der Waals surface area contributed by atoms with E-state index in [1.54, 1.807) is 0 Å². The van der Waals surface area contributed by atoms with E-state index in [1.807, 2.05) is 13.8 Å². The van der Waals surface area contributed by atoms with Crippen LogP contribution in [0.5, 0.6) is 0 Å². The first-order chi connectivity index (χ1) is 10.5. The first-order valence-electron chi connectivity index (χ1n) is 8.85. The minimum absolute atomic E-state index is 0.422. The van der Waals surface area contributed by atoms with Gasteiger partial charge >= 0.3 is 14.6 Å². The lowest BCUT2D eigenvalue weighted by atomic mass is 10.1. The van der Waals surface area contributed by atoms with Crippen molar-refractivity contribution in [3.8, 4) is 0 Å². The summed E-state index contributed by atoms with van der Waals surface area (Å²) in [6.45, 7) is 8.49. The average molecular weight is 333 g/mol. The van der Waals surface area contributed by atoms with Crippen molar-refractivity contribution < 1.29 is 13.6 Å². The Hall–Kier alpha value is -0.593. The molecule has 0 fully saturated rings. The number of rotatable bonds is 15. The van der Waals surface area contributed by atoms with E-state index in [9.17, 15) is 4.79 Å². The second-order valence-corrected chi connectivity index (χ2v) is 9.21. The second kappa shape index (κ2) is 14.0. The topological polar surface area (TPSA) is 73.6 Å². The molecule has 0 aliphatic carbocycles. The van der Waals surface area contributed by atoms with Crippen molar-refractivity contribution in [1.82, 2.24) is 5.32 Å². The van der Waals surface area contributed by atoms with E-state index in [0.29, 0.717) is 6.54 Å². The minimum Gasteiger partial charge on any atom is -0.395 e. The van der Waals surface area contributed by atoms with Crippen molar-refractivity contribution >= 4 is 14.6 Å². The zero-order valence-corrected chi connectivity index (χ0v) is 15.8. The van der Waals surface area contributed by atoms with Crippen molar-refractivity contribution in [3.63, 3.8) is 0 Å². The Kier molecular flexibility index (Phi) is 13.6. The van der Waals surface area contributed by atoms with Gasteiger partial charge in [-0.15, -0.1) is 0 Å².